The number of thiophene rings is 1. The summed E-state index contributed by atoms with van der Waals surface area (Å²) >= 11 is 5.49. The molecule has 17 heavy (non-hydrogen) atoms. The third kappa shape index (κ3) is 2.61. The van der Waals surface area contributed by atoms with E-state index in [1.54, 1.807) is 18.3 Å². The van der Waals surface area contributed by atoms with Crippen molar-refractivity contribution in [3.8, 4) is 0 Å². The molecule has 2 rings (SSSR count). The number of hydrogen-bond acceptors (Lipinski definition) is 1. The average molecular weight is 313 g/mol. The van der Waals surface area contributed by atoms with E-state index in [4.69, 9.17) is 0 Å². The smallest absolute Gasteiger partial charge is 0.126 e. The number of hydrogen-bond donors (Lipinski definition) is 0. The first-order chi connectivity index (χ1) is 7.99. The van der Waals surface area contributed by atoms with Crippen LogP contribution in [0, 0.1) is 26.6 Å². The van der Waals surface area contributed by atoms with Crippen molar-refractivity contribution in [3.05, 3.63) is 56.5 Å². The maximum atomic E-state index is 13.2. The first-order valence-corrected chi connectivity index (χ1v) is 7.19. The quantitative estimate of drug-likeness (QED) is 0.660. The number of alkyl halides is 1. The van der Waals surface area contributed by atoms with Gasteiger partial charge in [0.1, 0.15) is 5.82 Å². The van der Waals surface area contributed by atoms with E-state index < -0.39 is 0 Å². The van der Waals surface area contributed by atoms with Gasteiger partial charge in [0.15, 0.2) is 0 Å². The van der Waals surface area contributed by atoms with Gasteiger partial charge in [-0.1, -0.05) is 28.1 Å². The summed E-state index contributed by atoms with van der Waals surface area (Å²) in [4.78, 5) is 2.76. The molecule has 1 atom stereocenters. The molecule has 0 aliphatic heterocycles. The molecule has 0 aliphatic carbocycles. The van der Waals surface area contributed by atoms with Crippen molar-refractivity contribution in [2.45, 2.75) is 25.6 Å². The van der Waals surface area contributed by atoms with Crippen LogP contribution in [0.4, 0.5) is 4.39 Å². The van der Waals surface area contributed by atoms with Crippen LogP contribution in [0.15, 0.2) is 24.3 Å². The molecule has 1 heterocycles. The zero-order valence-electron chi connectivity index (χ0n) is 10.1. The zero-order chi connectivity index (χ0) is 12.6. The Hall–Kier alpha value is -0.670. The van der Waals surface area contributed by atoms with Crippen molar-refractivity contribution in [2.75, 3.05) is 0 Å². The molecule has 0 radical (unpaired) electrons. The Balaban J connectivity index is 2.40. The molecule has 0 aliphatic rings. The van der Waals surface area contributed by atoms with E-state index in [-0.39, 0.29) is 10.6 Å². The molecule has 0 spiro atoms. The van der Waals surface area contributed by atoms with Gasteiger partial charge in [-0.25, -0.2) is 4.39 Å². The normalized spacial score (nSPS) is 12.8. The van der Waals surface area contributed by atoms with Crippen LogP contribution in [0.25, 0.3) is 0 Å². The van der Waals surface area contributed by atoms with E-state index in [0.717, 1.165) is 5.56 Å². The van der Waals surface area contributed by atoms with Crippen LogP contribution in [0.3, 0.4) is 0 Å². The molecule has 3 heteroatoms. The van der Waals surface area contributed by atoms with Crippen LogP contribution >= 0.6 is 27.3 Å². The molecule has 0 saturated heterocycles. The van der Waals surface area contributed by atoms with E-state index in [1.807, 2.05) is 12.1 Å². The molecule has 0 fully saturated rings. The second-order valence-corrected chi connectivity index (χ2v) is 6.48. The van der Waals surface area contributed by atoms with E-state index in [0.29, 0.717) is 5.56 Å². The van der Waals surface area contributed by atoms with Gasteiger partial charge >= 0.3 is 0 Å². The van der Waals surface area contributed by atoms with Crippen molar-refractivity contribution in [3.63, 3.8) is 0 Å². The van der Waals surface area contributed by atoms with Crippen molar-refractivity contribution in [1.82, 2.24) is 0 Å². The Morgan fingerprint density at radius 2 is 1.82 bits per heavy atom. The Bertz CT molecular complexity index is 545. The predicted octanol–water partition coefficient (Wildman–Crippen LogP) is 5.30. The van der Waals surface area contributed by atoms with Gasteiger partial charge in [0.25, 0.3) is 0 Å². The Morgan fingerprint density at radius 3 is 2.35 bits per heavy atom. The molecule has 0 saturated carbocycles. The molecule has 0 bridgehead atoms. The maximum Gasteiger partial charge on any atom is 0.126 e. The lowest BCUT2D eigenvalue weighted by Gasteiger charge is -2.11. The van der Waals surface area contributed by atoms with Gasteiger partial charge in [-0.05, 0) is 49.6 Å². The van der Waals surface area contributed by atoms with Crippen molar-refractivity contribution >= 4 is 27.3 Å². The molecule has 2 aromatic rings. The lowest BCUT2D eigenvalue weighted by Crippen LogP contribution is -1.94. The molecule has 1 unspecified atom stereocenters. The summed E-state index contributed by atoms with van der Waals surface area (Å²) in [5.41, 5.74) is 3.09. The lowest BCUT2D eigenvalue weighted by molar-refractivity contribution is 0.618. The van der Waals surface area contributed by atoms with Crippen molar-refractivity contribution in [2.24, 2.45) is 0 Å². The summed E-state index contributed by atoms with van der Waals surface area (Å²) in [5, 5.41) is 0. The van der Waals surface area contributed by atoms with E-state index in [2.05, 4.69) is 35.8 Å². The van der Waals surface area contributed by atoms with Crippen LogP contribution in [-0.2, 0) is 0 Å². The minimum Gasteiger partial charge on any atom is -0.207 e. The summed E-state index contributed by atoms with van der Waals surface area (Å²) in [6.45, 7) is 6.02. The number of halogens is 2. The summed E-state index contributed by atoms with van der Waals surface area (Å²) < 4.78 is 13.2. The van der Waals surface area contributed by atoms with Gasteiger partial charge < -0.3 is 0 Å². The summed E-state index contributed by atoms with van der Waals surface area (Å²) in [6, 6.07) is 7.47. The Labute approximate surface area is 114 Å². The summed E-state index contributed by atoms with van der Waals surface area (Å²) in [7, 11) is 0. The topological polar surface area (TPSA) is 0 Å². The molecule has 1 aromatic heterocycles. The molecule has 1 aromatic carbocycles. The third-order valence-corrected chi connectivity index (χ3v) is 5.29. The standard InChI is InChI=1S/C14H14BrFS/c1-8-7-11(4-5-12(8)16)13(15)14-9(2)6-10(3)17-14/h4-7,13H,1-3H3. The second-order valence-electron chi connectivity index (χ2n) is 4.28. The van der Waals surface area contributed by atoms with Crippen molar-refractivity contribution < 1.29 is 4.39 Å². The predicted molar refractivity (Wildman–Crippen MR) is 75.7 cm³/mol. The minimum atomic E-state index is -0.146. The Kier molecular flexibility index (Phi) is 3.69. The summed E-state index contributed by atoms with van der Waals surface area (Å²) in [6.07, 6.45) is 0. The van der Waals surface area contributed by atoms with Gasteiger partial charge in [0.05, 0.1) is 4.83 Å². The highest BCUT2D eigenvalue weighted by Crippen LogP contribution is 2.38. The zero-order valence-corrected chi connectivity index (χ0v) is 12.5. The Morgan fingerprint density at radius 1 is 1.12 bits per heavy atom. The van der Waals surface area contributed by atoms with Gasteiger partial charge in [-0.2, -0.15) is 0 Å². The lowest BCUT2D eigenvalue weighted by atomic mass is 10.1. The maximum absolute atomic E-state index is 13.2. The van der Waals surface area contributed by atoms with Gasteiger partial charge in [-0.15, -0.1) is 11.3 Å². The molecule has 0 amide bonds. The molecular weight excluding hydrogens is 299 g/mol. The van der Waals surface area contributed by atoms with Gasteiger partial charge in [-0.3, -0.25) is 0 Å². The van der Waals surface area contributed by atoms with Gasteiger partial charge in [0, 0.05) is 9.75 Å². The average Bonchev–Trinajstić information content (AvgIpc) is 2.61. The van der Waals surface area contributed by atoms with Crippen LogP contribution in [0.1, 0.15) is 31.3 Å². The first-order valence-electron chi connectivity index (χ1n) is 5.46. The third-order valence-electron chi connectivity index (χ3n) is 2.78. The van der Waals surface area contributed by atoms with Crippen LogP contribution in [-0.4, -0.2) is 0 Å². The largest absolute Gasteiger partial charge is 0.207 e. The fraction of sp³-hybridized carbons (Fsp3) is 0.286. The SMILES string of the molecule is Cc1cc(C)c(C(Br)c2ccc(F)c(C)c2)s1. The number of aryl methyl sites for hydroxylation is 3. The van der Waals surface area contributed by atoms with E-state index >= 15 is 0 Å². The van der Waals surface area contributed by atoms with Crippen LogP contribution in [0.2, 0.25) is 0 Å². The molecule has 0 N–H and O–H groups in total. The first kappa shape index (κ1) is 12.8. The van der Waals surface area contributed by atoms with E-state index in [9.17, 15) is 4.39 Å². The highest BCUT2D eigenvalue weighted by atomic mass is 79.9. The highest BCUT2D eigenvalue weighted by Gasteiger charge is 2.16. The fourth-order valence-corrected chi connectivity index (χ4v) is 3.86. The van der Waals surface area contributed by atoms with Crippen LogP contribution < -0.4 is 0 Å². The fourth-order valence-electron chi connectivity index (χ4n) is 1.89. The number of rotatable bonds is 2. The minimum absolute atomic E-state index is 0.146. The van der Waals surface area contributed by atoms with E-state index in [1.165, 1.54) is 21.4 Å². The summed E-state index contributed by atoms with van der Waals surface area (Å²) in [5.74, 6) is -0.146. The monoisotopic (exact) mass is 312 g/mol. The van der Waals surface area contributed by atoms with Gasteiger partial charge in [0.2, 0.25) is 0 Å². The molecule has 90 valence electrons. The molecular formula is C14H14BrFS. The molecule has 0 nitrogen and oxygen atoms in total. The van der Waals surface area contributed by atoms with Crippen LogP contribution in [0.5, 0.6) is 0 Å². The second kappa shape index (κ2) is 4.91. The highest BCUT2D eigenvalue weighted by molar-refractivity contribution is 9.09. The van der Waals surface area contributed by atoms with Crippen molar-refractivity contribution in [1.29, 1.82) is 0 Å². The number of benzene rings is 1.